The van der Waals surface area contributed by atoms with Crippen LogP contribution in [0.4, 0.5) is 0 Å². The summed E-state index contributed by atoms with van der Waals surface area (Å²) in [5.41, 5.74) is 1.53. The first-order valence-electron chi connectivity index (χ1n) is 8.67. The van der Waals surface area contributed by atoms with Crippen molar-refractivity contribution in [2.45, 2.75) is 6.92 Å². The summed E-state index contributed by atoms with van der Waals surface area (Å²) in [7, 11) is 0. The Labute approximate surface area is 160 Å². The first-order valence-corrected chi connectivity index (χ1v) is 8.67. The van der Waals surface area contributed by atoms with E-state index in [1.807, 2.05) is 25.1 Å². The third-order valence-electron chi connectivity index (χ3n) is 4.18. The van der Waals surface area contributed by atoms with E-state index in [4.69, 9.17) is 13.9 Å². The van der Waals surface area contributed by atoms with Gasteiger partial charge in [-0.05, 0) is 43.3 Å². The molecule has 5 heteroatoms. The van der Waals surface area contributed by atoms with Crippen LogP contribution in [0.15, 0.2) is 88.3 Å². The van der Waals surface area contributed by atoms with Gasteiger partial charge in [-0.2, -0.15) is 0 Å². The summed E-state index contributed by atoms with van der Waals surface area (Å²) in [6, 6.07) is 20.6. The summed E-state index contributed by atoms with van der Waals surface area (Å²) >= 11 is 0. The van der Waals surface area contributed by atoms with Crippen molar-refractivity contribution in [3.8, 4) is 17.2 Å². The third kappa shape index (κ3) is 3.64. The van der Waals surface area contributed by atoms with E-state index in [9.17, 15) is 9.59 Å². The van der Waals surface area contributed by atoms with Crippen molar-refractivity contribution in [2.75, 3.05) is 0 Å². The Kier molecular flexibility index (Phi) is 4.64. The van der Waals surface area contributed by atoms with Crippen LogP contribution in [0.25, 0.3) is 11.0 Å². The fourth-order valence-corrected chi connectivity index (χ4v) is 2.70. The quantitative estimate of drug-likeness (QED) is 0.368. The second-order valence-electron chi connectivity index (χ2n) is 6.26. The van der Waals surface area contributed by atoms with Crippen molar-refractivity contribution in [1.29, 1.82) is 0 Å². The molecule has 28 heavy (non-hydrogen) atoms. The monoisotopic (exact) mass is 372 g/mol. The standard InChI is InChI=1S/C23H16O5/c1-15-7-9-17(10-8-15)27-21-14-26-20-13-18(11-12-19(20)22(21)24)28-23(25)16-5-3-2-4-6-16/h2-14H,1H3. The first-order chi connectivity index (χ1) is 13.6. The van der Waals surface area contributed by atoms with Gasteiger partial charge in [0.2, 0.25) is 11.2 Å². The lowest BCUT2D eigenvalue weighted by molar-refractivity contribution is 0.0735. The van der Waals surface area contributed by atoms with Crippen LogP contribution in [0.3, 0.4) is 0 Å². The number of aryl methyl sites for hydroxylation is 1. The Morgan fingerprint density at radius 3 is 2.36 bits per heavy atom. The largest absolute Gasteiger partial charge is 0.460 e. The molecular formula is C23H16O5. The lowest BCUT2D eigenvalue weighted by Crippen LogP contribution is -2.09. The molecule has 5 nitrogen and oxygen atoms in total. The minimum Gasteiger partial charge on any atom is -0.460 e. The molecule has 0 atom stereocenters. The maximum Gasteiger partial charge on any atom is 0.343 e. The summed E-state index contributed by atoms with van der Waals surface area (Å²) in [4.78, 5) is 24.8. The molecule has 0 amide bonds. The SMILES string of the molecule is Cc1ccc(Oc2coc3cc(OC(=O)c4ccccc4)ccc3c2=O)cc1. The van der Waals surface area contributed by atoms with Crippen LogP contribution in [-0.4, -0.2) is 5.97 Å². The van der Waals surface area contributed by atoms with Gasteiger partial charge in [0.1, 0.15) is 23.3 Å². The van der Waals surface area contributed by atoms with E-state index in [2.05, 4.69) is 0 Å². The molecule has 1 aromatic heterocycles. The van der Waals surface area contributed by atoms with Gasteiger partial charge >= 0.3 is 5.97 Å². The zero-order chi connectivity index (χ0) is 19.5. The molecule has 0 aliphatic carbocycles. The van der Waals surface area contributed by atoms with E-state index in [1.165, 1.54) is 12.3 Å². The molecule has 0 bridgehead atoms. The number of carbonyl (C=O) groups excluding carboxylic acids is 1. The Balaban J connectivity index is 1.60. The van der Waals surface area contributed by atoms with Crippen molar-refractivity contribution in [3.63, 3.8) is 0 Å². The molecule has 1 heterocycles. The van der Waals surface area contributed by atoms with Crippen LogP contribution < -0.4 is 14.9 Å². The molecule has 0 fully saturated rings. The lowest BCUT2D eigenvalue weighted by Gasteiger charge is -2.07. The highest BCUT2D eigenvalue weighted by Gasteiger charge is 2.12. The molecule has 138 valence electrons. The predicted molar refractivity (Wildman–Crippen MR) is 105 cm³/mol. The van der Waals surface area contributed by atoms with Crippen molar-refractivity contribution in [3.05, 3.63) is 100 Å². The molecule has 0 saturated carbocycles. The summed E-state index contributed by atoms with van der Waals surface area (Å²) < 4.78 is 16.5. The third-order valence-corrected chi connectivity index (χ3v) is 4.18. The van der Waals surface area contributed by atoms with Gasteiger partial charge < -0.3 is 13.9 Å². The summed E-state index contributed by atoms with van der Waals surface area (Å²) in [6.07, 6.45) is 1.26. The molecular weight excluding hydrogens is 356 g/mol. The van der Waals surface area contributed by atoms with Crippen LogP contribution >= 0.6 is 0 Å². The molecule has 0 N–H and O–H groups in total. The Morgan fingerprint density at radius 1 is 0.893 bits per heavy atom. The number of hydrogen-bond acceptors (Lipinski definition) is 5. The highest BCUT2D eigenvalue weighted by atomic mass is 16.5. The highest BCUT2D eigenvalue weighted by Crippen LogP contribution is 2.24. The van der Waals surface area contributed by atoms with E-state index in [0.717, 1.165) is 5.56 Å². The Morgan fingerprint density at radius 2 is 1.61 bits per heavy atom. The van der Waals surface area contributed by atoms with Gasteiger partial charge in [-0.15, -0.1) is 0 Å². The zero-order valence-corrected chi connectivity index (χ0v) is 15.0. The number of ether oxygens (including phenoxy) is 2. The van der Waals surface area contributed by atoms with E-state index in [0.29, 0.717) is 22.3 Å². The maximum atomic E-state index is 12.7. The van der Waals surface area contributed by atoms with Gasteiger partial charge in [-0.3, -0.25) is 4.79 Å². The number of fused-ring (bicyclic) bond motifs is 1. The van der Waals surface area contributed by atoms with Gasteiger partial charge in [0, 0.05) is 6.07 Å². The van der Waals surface area contributed by atoms with Gasteiger partial charge in [-0.25, -0.2) is 4.79 Å². The molecule has 0 radical (unpaired) electrons. The van der Waals surface area contributed by atoms with E-state index in [1.54, 1.807) is 48.5 Å². The van der Waals surface area contributed by atoms with Gasteiger partial charge in [-0.1, -0.05) is 35.9 Å². The number of benzene rings is 3. The van der Waals surface area contributed by atoms with E-state index >= 15 is 0 Å². The number of rotatable bonds is 4. The van der Waals surface area contributed by atoms with Crippen molar-refractivity contribution < 1.29 is 18.7 Å². The topological polar surface area (TPSA) is 65.7 Å². The average molecular weight is 372 g/mol. The molecule has 4 rings (SSSR count). The summed E-state index contributed by atoms with van der Waals surface area (Å²) in [5, 5.41) is 0.337. The predicted octanol–water partition coefficient (Wildman–Crippen LogP) is 5.11. The average Bonchev–Trinajstić information content (AvgIpc) is 2.72. The number of carbonyl (C=O) groups is 1. The molecule has 3 aromatic carbocycles. The van der Waals surface area contributed by atoms with Crippen molar-refractivity contribution in [1.82, 2.24) is 0 Å². The van der Waals surface area contributed by atoms with Crippen LogP contribution in [0.2, 0.25) is 0 Å². The molecule has 0 aliphatic rings. The van der Waals surface area contributed by atoms with Crippen molar-refractivity contribution >= 4 is 16.9 Å². The summed E-state index contributed by atoms with van der Waals surface area (Å²) in [6.45, 7) is 1.97. The minimum atomic E-state index is -0.485. The van der Waals surface area contributed by atoms with Crippen molar-refractivity contribution in [2.24, 2.45) is 0 Å². The molecule has 0 saturated heterocycles. The van der Waals surface area contributed by atoms with Crippen LogP contribution in [0.5, 0.6) is 17.2 Å². The van der Waals surface area contributed by atoms with Gasteiger partial charge in [0.15, 0.2) is 0 Å². The van der Waals surface area contributed by atoms with E-state index in [-0.39, 0.29) is 16.9 Å². The maximum absolute atomic E-state index is 12.7. The first kappa shape index (κ1) is 17.5. The highest BCUT2D eigenvalue weighted by molar-refractivity contribution is 5.91. The smallest absolute Gasteiger partial charge is 0.343 e. The molecule has 0 unspecified atom stereocenters. The Bertz CT molecular complexity index is 1190. The second-order valence-corrected chi connectivity index (χ2v) is 6.26. The number of hydrogen-bond donors (Lipinski definition) is 0. The zero-order valence-electron chi connectivity index (χ0n) is 15.0. The normalized spacial score (nSPS) is 10.6. The molecule has 4 aromatic rings. The van der Waals surface area contributed by atoms with E-state index < -0.39 is 5.97 Å². The van der Waals surface area contributed by atoms with Gasteiger partial charge in [0.05, 0.1) is 10.9 Å². The Hall–Kier alpha value is -3.86. The van der Waals surface area contributed by atoms with Gasteiger partial charge in [0.25, 0.3) is 0 Å². The summed E-state index contributed by atoms with van der Waals surface area (Å²) in [5.74, 6) is 0.439. The second kappa shape index (κ2) is 7.40. The minimum absolute atomic E-state index is 0.0883. The molecule has 0 spiro atoms. The van der Waals surface area contributed by atoms with Crippen LogP contribution in [-0.2, 0) is 0 Å². The lowest BCUT2D eigenvalue weighted by atomic mass is 10.2. The number of esters is 1. The van der Waals surface area contributed by atoms with Crippen LogP contribution in [0, 0.1) is 6.92 Å². The fourth-order valence-electron chi connectivity index (χ4n) is 2.70. The fraction of sp³-hybridized carbons (Fsp3) is 0.0435. The van der Waals surface area contributed by atoms with Crippen LogP contribution in [0.1, 0.15) is 15.9 Å². The molecule has 0 aliphatic heterocycles.